The summed E-state index contributed by atoms with van der Waals surface area (Å²) < 4.78 is 26.6. The molecule has 1 saturated carbocycles. The molecule has 0 spiro atoms. The number of anilines is 2. The number of hydrogen-bond donors (Lipinski definition) is 2. The molecule has 1 fully saturated rings. The molecule has 144 valence electrons. The Bertz CT molecular complexity index is 786. The number of amides is 1. The van der Waals surface area contributed by atoms with Crippen molar-refractivity contribution in [2.45, 2.75) is 52.5 Å². The number of hydrogen-bond acceptors (Lipinski definition) is 2. The van der Waals surface area contributed by atoms with Crippen LogP contribution in [-0.4, -0.2) is 5.91 Å². The molecule has 0 aromatic heterocycles. The molecular weight excluding hydrogens is 346 g/mol. The van der Waals surface area contributed by atoms with E-state index in [4.69, 9.17) is 0 Å². The molecule has 1 aliphatic carbocycles. The van der Waals surface area contributed by atoms with E-state index >= 15 is 0 Å². The number of halogens is 2. The van der Waals surface area contributed by atoms with Gasteiger partial charge in [-0.05, 0) is 61.4 Å². The summed E-state index contributed by atoms with van der Waals surface area (Å²) in [4.78, 5) is 12.3. The largest absolute Gasteiger partial charge is 0.381 e. The quantitative estimate of drug-likeness (QED) is 0.682. The van der Waals surface area contributed by atoms with Gasteiger partial charge in [0.05, 0.1) is 0 Å². The van der Waals surface area contributed by atoms with E-state index < -0.39 is 11.6 Å². The van der Waals surface area contributed by atoms with Crippen LogP contribution in [0.1, 0.15) is 48.8 Å². The smallest absolute Gasteiger partial charge is 0.224 e. The van der Waals surface area contributed by atoms with Gasteiger partial charge in [-0.1, -0.05) is 25.0 Å². The third-order valence-electron chi connectivity index (χ3n) is 5.16. The predicted octanol–water partition coefficient (Wildman–Crippen LogP) is 5.71. The number of aryl methyl sites for hydroxylation is 2. The van der Waals surface area contributed by atoms with E-state index in [9.17, 15) is 13.6 Å². The van der Waals surface area contributed by atoms with E-state index in [1.165, 1.54) is 25.0 Å². The lowest BCUT2D eigenvalue weighted by Crippen LogP contribution is -2.17. The van der Waals surface area contributed by atoms with Gasteiger partial charge in [-0.3, -0.25) is 4.79 Å². The van der Waals surface area contributed by atoms with Gasteiger partial charge in [0.15, 0.2) is 0 Å². The summed E-state index contributed by atoms with van der Waals surface area (Å²) in [5, 5.41) is 6.10. The fourth-order valence-corrected chi connectivity index (χ4v) is 3.88. The topological polar surface area (TPSA) is 41.1 Å². The summed E-state index contributed by atoms with van der Waals surface area (Å²) >= 11 is 0. The molecule has 0 bridgehead atoms. The molecule has 0 saturated heterocycles. The highest BCUT2D eigenvalue weighted by Crippen LogP contribution is 2.29. The normalized spacial score (nSPS) is 14.4. The Labute approximate surface area is 159 Å². The minimum Gasteiger partial charge on any atom is -0.381 e. The average Bonchev–Trinajstić information content (AvgIpc) is 3.08. The van der Waals surface area contributed by atoms with Gasteiger partial charge in [-0.2, -0.15) is 0 Å². The molecular formula is C22H26F2N2O. The summed E-state index contributed by atoms with van der Waals surface area (Å²) in [6.07, 6.45) is 5.35. The number of rotatable bonds is 6. The zero-order valence-corrected chi connectivity index (χ0v) is 15.9. The molecule has 5 heteroatoms. The third-order valence-corrected chi connectivity index (χ3v) is 5.16. The van der Waals surface area contributed by atoms with Gasteiger partial charge >= 0.3 is 0 Å². The summed E-state index contributed by atoms with van der Waals surface area (Å²) in [7, 11) is 0. The van der Waals surface area contributed by atoms with E-state index in [1.54, 1.807) is 0 Å². The Hall–Kier alpha value is -2.43. The Morgan fingerprint density at radius 3 is 2.19 bits per heavy atom. The van der Waals surface area contributed by atoms with E-state index in [-0.39, 0.29) is 5.91 Å². The van der Waals surface area contributed by atoms with Crippen LogP contribution in [0.25, 0.3) is 0 Å². The molecule has 0 atom stereocenters. The van der Waals surface area contributed by atoms with Crippen LogP contribution in [0.5, 0.6) is 0 Å². The average molecular weight is 372 g/mol. The summed E-state index contributed by atoms with van der Waals surface area (Å²) in [5.74, 6) is -0.620. The molecule has 27 heavy (non-hydrogen) atoms. The first-order chi connectivity index (χ1) is 12.9. The zero-order chi connectivity index (χ0) is 19.4. The molecule has 0 radical (unpaired) electrons. The second-order valence-electron chi connectivity index (χ2n) is 7.52. The van der Waals surface area contributed by atoms with Crippen molar-refractivity contribution in [3.8, 4) is 0 Å². The fourth-order valence-electron chi connectivity index (χ4n) is 3.88. The van der Waals surface area contributed by atoms with Crippen LogP contribution >= 0.6 is 0 Å². The van der Waals surface area contributed by atoms with Gasteiger partial charge in [-0.15, -0.1) is 0 Å². The van der Waals surface area contributed by atoms with Gasteiger partial charge in [-0.25, -0.2) is 8.78 Å². The van der Waals surface area contributed by atoms with Gasteiger partial charge in [0, 0.05) is 30.4 Å². The van der Waals surface area contributed by atoms with Crippen molar-refractivity contribution in [1.29, 1.82) is 0 Å². The van der Waals surface area contributed by atoms with Crippen LogP contribution in [0, 0.1) is 31.4 Å². The van der Waals surface area contributed by atoms with Gasteiger partial charge in [0.25, 0.3) is 0 Å². The van der Waals surface area contributed by atoms with Crippen molar-refractivity contribution in [1.82, 2.24) is 0 Å². The minimum atomic E-state index is -0.606. The predicted molar refractivity (Wildman–Crippen MR) is 105 cm³/mol. The Kier molecular flexibility index (Phi) is 6.09. The van der Waals surface area contributed by atoms with Crippen molar-refractivity contribution in [2.75, 3.05) is 10.6 Å². The molecule has 2 N–H and O–H groups in total. The maximum atomic E-state index is 13.3. The summed E-state index contributed by atoms with van der Waals surface area (Å²) in [6.45, 7) is 4.37. The van der Waals surface area contributed by atoms with E-state index in [1.807, 2.05) is 26.0 Å². The fraction of sp³-hybridized carbons (Fsp3) is 0.409. The van der Waals surface area contributed by atoms with Crippen LogP contribution in [0.15, 0.2) is 30.3 Å². The lowest BCUT2D eigenvalue weighted by molar-refractivity contribution is -0.117. The van der Waals surface area contributed by atoms with Crippen LogP contribution in [-0.2, 0) is 11.3 Å². The van der Waals surface area contributed by atoms with Crippen molar-refractivity contribution in [3.05, 3.63) is 58.7 Å². The van der Waals surface area contributed by atoms with Gasteiger partial charge in [0.2, 0.25) is 5.91 Å². The first-order valence-corrected chi connectivity index (χ1v) is 9.50. The van der Waals surface area contributed by atoms with Crippen molar-refractivity contribution >= 4 is 17.3 Å². The highest BCUT2D eigenvalue weighted by Gasteiger charge is 2.19. The summed E-state index contributed by atoms with van der Waals surface area (Å²) in [6, 6.07) is 7.35. The first-order valence-electron chi connectivity index (χ1n) is 9.50. The molecule has 3 rings (SSSR count). The third kappa shape index (κ3) is 5.28. The highest BCUT2D eigenvalue weighted by atomic mass is 19.1. The Morgan fingerprint density at radius 1 is 1.00 bits per heavy atom. The van der Waals surface area contributed by atoms with Crippen LogP contribution in [0.3, 0.4) is 0 Å². The number of carbonyl (C=O) groups is 1. The summed E-state index contributed by atoms with van der Waals surface area (Å²) in [5.41, 5.74) is 4.22. The molecule has 2 aromatic carbocycles. The number of nitrogens with one attached hydrogen (secondary N) is 2. The molecule has 0 heterocycles. The first kappa shape index (κ1) is 19.3. The maximum Gasteiger partial charge on any atom is 0.224 e. The molecule has 0 unspecified atom stereocenters. The van der Waals surface area contributed by atoms with Gasteiger partial charge in [0.1, 0.15) is 11.6 Å². The van der Waals surface area contributed by atoms with E-state index in [0.29, 0.717) is 24.6 Å². The SMILES string of the molecule is Cc1cc(CNc2cc(F)cc(F)c2)cc(C)c1NC(=O)CC1CCCC1. The Balaban J connectivity index is 1.64. The zero-order valence-electron chi connectivity index (χ0n) is 15.9. The van der Waals surface area contributed by atoms with Gasteiger partial charge < -0.3 is 10.6 Å². The minimum absolute atomic E-state index is 0.0780. The van der Waals surface area contributed by atoms with Crippen LogP contribution in [0.2, 0.25) is 0 Å². The molecule has 2 aromatic rings. The lowest BCUT2D eigenvalue weighted by Gasteiger charge is -2.16. The van der Waals surface area contributed by atoms with Crippen molar-refractivity contribution in [2.24, 2.45) is 5.92 Å². The standard InChI is InChI=1S/C22H26F2N2O/c1-14-7-17(13-25-20-11-18(23)10-19(24)12-20)8-15(2)22(14)26-21(27)9-16-5-3-4-6-16/h7-8,10-12,16,25H,3-6,9,13H2,1-2H3,(H,26,27). The molecule has 1 amide bonds. The van der Waals surface area contributed by atoms with E-state index in [0.717, 1.165) is 41.3 Å². The van der Waals surface area contributed by atoms with Crippen molar-refractivity contribution in [3.63, 3.8) is 0 Å². The lowest BCUT2D eigenvalue weighted by atomic mass is 10.0. The number of benzene rings is 2. The second-order valence-corrected chi connectivity index (χ2v) is 7.52. The number of carbonyl (C=O) groups excluding carboxylic acids is 1. The monoisotopic (exact) mass is 372 g/mol. The van der Waals surface area contributed by atoms with E-state index in [2.05, 4.69) is 10.6 Å². The van der Waals surface area contributed by atoms with Crippen LogP contribution in [0.4, 0.5) is 20.2 Å². The van der Waals surface area contributed by atoms with Crippen LogP contribution < -0.4 is 10.6 Å². The molecule has 1 aliphatic rings. The maximum absolute atomic E-state index is 13.3. The molecule has 0 aliphatic heterocycles. The Morgan fingerprint density at radius 2 is 1.59 bits per heavy atom. The molecule has 3 nitrogen and oxygen atoms in total. The second kappa shape index (κ2) is 8.51. The highest BCUT2D eigenvalue weighted by molar-refractivity contribution is 5.92. The van der Waals surface area contributed by atoms with Crippen molar-refractivity contribution < 1.29 is 13.6 Å².